The SMILES string of the molecule is N#Cc1ccc(NC2CCCCC2CO)cc1Br. The number of nitrogens with one attached hydrogen (secondary N) is 1. The Morgan fingerprint density at radius 3 is 2.83 bits per heavy atom. The minimum Gasteiger partial charge on any atom is -0.396 e. The van der Waals surface area contributed by atoms with E-state index in [0.29, 0.717) is 17.5 Å². The molecule has 2 rings (SSSR count). The summed E-state index contributed by atoms with van der Waals surface area (Å²) in [4.78, 5) is 0. The van der Waals surface area contributed by atoms with Crippen LogP contribution in [0.5, 0.6) is 0 Å². The van der Waals surface area contributed by atoms with Gasteiger partial charge < -0.3 is 10.4 Å². The molecule has 2 atom stereocenters. The van der Waals surface area contributed by atoms with Crippen molar-refractivity contribution in [1.82, 2.24) is 0 Å². The van der Waals surface area contributed by atoms with Crippen LogP contribution in [0.2, 0.25) is 0 Å². The van der Waals surface area contributed by atoms with E-state index in [-0.39, 0.29) is 6.61 Å². The summed E-state index contributed by atoms with van der Waals surface area (Å²) < 4.78 is 0.811. The summed E-state index contributed by atoms with van der Waals surface area (Å²) in [6.45, 7) is 0.245. The first-order valence-corrected chi connectivity index (χ1v) is 7.11. The molecule has 0 saturated heterocycles. The van der Waals surface area contributed by atoms with Gasteiger partial charge in [-0.25, -0.2) is 0 Å². The van der Waals surface area contributed by atoms with Gasteiger partial charge in [-0.15, -0.1) is 0 Å². The fourth-order valence-corrected chi connectivity index (χ4v) is 2.99. The Morgan fingerprint density at radius 2 is 2.17 bits per heavy atom. The minimum atomic E-state index is 0.245. The first-order chi connectivity index (χ1) is 8.74. The van der Waals surface area contributed by atoms with Gasteiger partial charge >= 0.3 is 0 Å². The second kappa shape index (κ2) is 6.21. The summed E-state index contributed by atoms with van der Waals surface area (Å²) in [6.07, 6.45) is 4.61. The largest absolute Gasteiger partial charge is 0.396 e. The highest BCUT2D eigenvalue weighted by molar-refractivity contribution is 9.10. The summed E-state index contributed by atoms with van der Waals surface area (Å²) in [5.74, 6) is 0.341. The van der Waals surface area contributed by atoms with Gasteiger partial charge in [0.25, 0.3) is 0 Å². The number of rotatable bonds is 3. The third kappa shape index (κ3) is 3.04. The third-order valence-corrected chi connectivity index (χ3v) is 4.24. The number of nitriles is 1. The van der Waals surface area contributed by atoms with Gasteiger partial charge in [0.1, 0.15) is 6.07 Å². The summed E-state index contributed by atoms with van der Waals surface area (Å²) in [7, 11) is 0. The van der Waals surface area contributed by atoms with Crippen LogP contribution in [-0.4, -0.2) is 17.8 Å². The van der Waals surface area contributed by atoms with Crippen molar-refractivity contribution < 1.29 is 5.11 Å². The number of hydrogen-bond donors (Lipinski definition) is 2. The van der Waals surface area contributed by atoms with E-state index in [1.165, 1.54) is 12.8 Å². The van der Waals surface area contributed by atoms with Gasteiger partial charge in [-0.2, -0.15) is 5.26 Å². The van der Waals surface area contributed by atoms with Crippen LogP contribution in [-0.2, 0) is 0 Å². The number of aliphatic hydroxyl groups excluding tert-OH is 1. The molecule has 1 aromatic rings. The van der Waals surface area contributed by atoms with Crippen LogP contribution >= 0.6 is 15.9 Å². The third-order valence-electron chi connectivity index (χ3n) is 3.59. The van der Waals surface area contributed by atoms with Crippen LogP contribution in [0.1, 0.15) is 31.2 Å². The zero-order chi connectivity index (χ0) is 13.0. The van der Waals surface area contributed by atoms with Gasteiger partial charge in [0.05, 0.1) is 5.56 Å². The minimum absolute atomic E-state index is 0.245. The Bertz CT molecular complexity index is 456. The molecule has 1 aliphatic rings. The van der Waals surface area contributed by atoms with Gasteiger partial charge in [0.2, 0.25) is 0 Å². The van der Waals surface area contributed by atoms with E-state index in [2.05, 4.69) is 27.3 Å². The van der Waals surface area contributed by atoms with Crippen LogP contribution in [0, 0.1) is 17.2 Å². The van der Waals surface area contributed by atoms with Crippen molar-refractivity contribution in [3.05, 3.63) is 28.2 Å². The highest BCUT2D eigenvalue weighted by Crippen LogP contribution is 2.28. The lowest BCUT2D eigenvalue weighted by atomic mass is 9.85. The highest BCUT2D eigenvalue weighted by atomic mass is 79.9. The molecule has 4 heteroatoms. The number of halogens is 1. The quantitative estimate of drug-likeness (QED) is 0.901. The Labute approximate surface area is 116 Å². The van der Waals surface area contributed by atoms with E-state index in [4.69, 9.17) is 5.26 Å². The molecule has 0 spiro atoms. The molecule has 3 nitrogen and oxygen atoms in total. The molecule has 18 heavy (non-hydrogen) atoms. The predicted molar refractivity (Wildman–Crippen MR) is 75.3 cm³/mol. The number of aliphatic hydroxyl groups is 1. The average molecular weight is 309 g/mol. The normalized spacial score (nSPS) is 23.4. The Balaban J connectivity index is 2.08. The van der Waals surface area contributed by atoms with Crippen LogP contribution in [0.15, 0.2) is 22.7 Å². The second-order valence-corrected chi connectivity index (χ2v) is 5.64. The number of hydrogen-bond acceptors (Lipinski definition) is 3. The molecule has 0 bridgehead atoms. The van der Waals surface area contributed by atoms with Crippen molar-refractivity contribution in [2.75, 3.05) is 11.9 Å². The van der Waals surface area contributed by atoms with E-state index in [1.807, 2.05) is 18.2 Å². The van der Waals surface area contributed by atoms with Crippen molar-refractivity contribution in [3.63, 3.8) is 0 Å². The van der Waals surface area contributed by atoms with Crippen LogP contribution < -0.4 is 5.32 Å². The molecule has 1 fully saturated rings. The molecule has 1 aliphatic carbocycles. The number of benzene rings is 1. The monoisotopic (exact) mass is 308 g/mol. The fraction of sp³-hybridized carbons (Fsp3) is 0.500. The van der Waals surface area contributed by atoms with Crippen LogP contribution in [0.4, 0.5) is 5.69 Å². The van der Waals surface area contributed by atoms with E-state index in [0.717, 1.165) is 23.0 Å². The maximum Gasteiger partial charge on any atom is 0.100 e. The summed E-state index contributed by atoms with van der Waals surface area (Å²) >= 11 is 3.39. The fourth-order valence-electron chi connectivity index (χ4n) is 2.53. The van der Waals surface area contributed by atoms with Crippen molar-refractivity contribution in [2.45, 2.75) is 31.7 Å². The Kier molecular flexibility index (Phi) is 4.62. The lowest BCUT2D eigenvalue weighted by molar-refractivity contribution is 0.178. The van der Waals surface area contributed by atoms with Crippen molar-refractivity contribution in [1.29, 1.82) is 5.26 Å². The predicted octanol–water partition coefficient (Wildman–Crippen LogP) is 3.28. The van der Waals surface area contributed by atoms with Crippen LogP contribution in [0.25, 0.3) is 0 Å². The Morgan fingerprint density at radius 1 is 1.39 bits per heavy atom. The molecule has 2 N–H and O–H groups in total. The number of nitrogens with zero attached hydrogens (tertiary/aromatic N) is 1. The molecule has 96 valence electrons. The first-order valence-electron chi connectivity index (χ1n) is 6.31. The molecule has 2 unspecified atom stereocenters. The second-order valence-electron chi connectivity index (χ2n) is 4.78. The molecule has 1 saturated carbocycles. The van der Waals surface area contributed by atoms with Crippen molar-refractivity contribution in [3.8, 4) is 6.07 Å². The maximum atomic E-state index is 9.38. The molecule has 0 amide bonds. The standard InChI is InChI=1S/C14H17BrN2O/c15-13-7-12(6-5-10(13)8-16)17-14-4-2-1-3-11(14)9-18/h5-7,11,14,17-18H,1-4,9H2. The molecule has 0 heterocycles. The van der Waals surface area contributed by atoms with E-state index in [9.17, 15) is 5.11 Å². The topological polar surface area (TPSA) is 56.0 Å². The van der Waals surface area contributed by atoms with Gasteiger partial charge in [-0.1, -0.05) is 12.8 Å². The average Bonchev–Trinajstić information content (AvgIpc) is 2.39. The van der Waals surface area contributed by atoms with Crippen molar-refractivity contribution >= 4 is 21.6 Å². The zero-order valence-electron chi connectivity index (χ0n) is 10.2. The molecular formula is C14H17BrN2O. The number of anilines is 1. The molecular weight excluding hydrogens is 292 g/mol. The first kappa shape index (κ1) is 13.4. The van der Waals surface area contributed by atoms with Crippen LogP contribution in [0.3, 0.4) is 0 Å². The molecule has 1 aromatic carbocycles. The summed E-state index contributed by atoms with van der Waals surface area (Å²) in [5.41, 5.74) is 1.65. The lowest BCUT2D eigenvalue weighted by Crippen LogP contribution is -2.34. The van der Waals surface area contributed by atoms with E-state index < -0.39 is 0 Å². The van der Waals surface area contributed by atoms with Gasteiger partial charge in [0.15, 0.2) is 0 Å². The lowest BCUT2D eigenvalue weighted by Gasteiger charge is -2.31. The molecule has 0 radical (unpaired) electrons. The smallest absolute Gasteiger partial charge is 0.100 e. The van der Waals surface area contributed by atoms with Crippen molar-refractivity contribution in [2.24, 2.45) is 5.92 Å². The summed E-state index contributed by atoms with van der Waals surface area (Å²) in [5, 5.41) is 21.7. The molecule has 0 aliphatic heterocycles. The van der Waals surface area contributed by atoms with Gasteiger partial charge in [-0.3, -0.25) is 0 Å². The van der Waals surface area contributed by atoms with E-state index in [1.54, 1.807) is 0 Å². The molecule has 0 aromatic heterocycles. The van der Waals surface area contributed by atoms with Gasteiger partial charge in [0, 0.05) is 28.7 Å². The summed E-state index contributed by atoms with van der Waals surface area (Å²) in [6, 6.07) is 8.13. The highest BCUT2D eigenvalue weighted by Gasteiger charge is 2.24. The Hall–Kier alpha value is -1.05. The van der Waals surface area contributed by atoms with Gasteiger partial charge in [-0.05, 0) is 47.0 Å². The maximum absolute atomic E-state index is 9.38. The van der Waals surface area contributed by atoms with E-state index >= 15 is 0 Å². The zero-order valence-corrected chi connectivity index (χ0v) is 11.8.